The Kier molecular flexibility index (Phi) is 6.59. The van der Waals surface area contributed by atoms with E-state index in [-0.39, 0.29) is 24.0 Å². The summed E-state index contributed by atoms with van der Waals surface area (Å²) in [7, 11) is 1.99. The molecule has 0 spiro atoms. The molecule has 0 aliphatic carbocycles. The Balaban J connectivity index is 2.72. The highest BCUT2D eigenvalue weighted by Crippen LogP contribution is 2.21. The minimum atomic E-state index is -0.258. The number of aliphatic hydroxyl groups excluding tert-OH is 1. The first kappa shape index (κ1) is 17.1. The lowest BCUT2D eigenvalue weighted by Gasteiger charge is -2.35. The Morgan fingerprint density at radius 3 is 2.55 bits per heavy atom. The maximum Gasteiger partial charge on any atom is 0.127 e. The predicted octanol–water partition coefficient (Wildman–Crippen LogP) is 2.57. The van der Waals surface area contributed by atoms with Crippen LogP contribution in [0.1, 0.15) is 38.8 Å². The van der Waals surface area contributed by atoms with Gasteiger partial charge in [0.15, 0.2) is 0 Å². The fourth-order valence-corrected chi connectivity index (χ4v) is 2.12. The molecule has 114 valence electrons. The number of nitrogens with zero attached hydrogens (tertiary/aromatic N) is 1. The van der Waals surface area contributed by atoms with E-state index >= 15 is 0 Å². The van der Waals surface area contributed by atoms with Gasteiger partial charge < -0.3 is 10.4 Å². The van der Waals surface area contributed by atoms with Gasteiger partial charge in [-0.15, -0.1) is 0 Å². The number of aliphatic hydroxyl groups is 1. The van der Waals surface area contributed by atoms with E-state index in [1.54, 1.807) is 6.07 Å². The Morgan fingerprint density at radius 2 is 2.00 bits per heavy atom. The first-order chi connectivity index (χ1) is 9.42. The Hall–Kier alpha value is -0.970. The highest BCUT2D eigenvalue weighted by molar-refractivity contribution is 5.21. The SMILES string of the molecule is CCNC(CCN(C)C(C)(C)CO)c1ccccc1F. The zero-order chi connectivity index (χ0) is 15.2. The van der Waals surface area contributed by atoms with Crippen LogP contribution in [0.4, 0.5) is 4.39 Å². The van der Waals surface area contributed by atoms with E-state index in [1.165, 1.54) is 6.07 Å². The third-order valence-electron chi connectivity index (χ3n) is 3.90. The van der Waals surface area contributed by atoms with Gasteiger partial charge in [0.25, 0.3) is 0 Å². The summed E-state index contributed by atoms with van der Waals surface area (Å²) in [4.78, 5) is 2.11. The molecule has 4 heteroatoms. The van der Waals surface area contributed by atoms with Crippen LogP contribution in [0.5, 0.6) is 0 Å². The zero-order valence-corrected chi connectivity index (χ0v) is 13.0. The standard InChI is InChI=1S/C16H27FN2O/c1-5-18-15(13-8-6-7-9-14(13)17)10-11-19(4)16(2,3)12-20/h6-9,15,18,20H,5,10-12H2,1-4H3. The molecule has 0 amide bonds. The van der Waals surface area contributed by atoms with Gasteiger partial charge in [-0.1, -0.05) is 25.1 Å². The number of hydrogen-bond acceptors (Lipinski definition) is 3. The smallest absolute Gasteiger partial charge is 0.127 e. The first-order valence-electron chi connectivity index (χ1n) is 7.22. The normalized spacial score (nSPS) is 13.8. The van der Waals surface area contributed by atoms with Crippen molar-refractivity contribution in [3.63, 3.8) is 0 Å². The quantitative estimate of drug-likeness (QED) is 0.769. The molecule has 2 N–H and O–H groups in total. The van der Waals surface area contributed by atoms with E-state index in [0.717, 1.165) is 19.5 Å². The second-order valence-electron chi connectivity index (χ2n) is 5.81. The molecule has 1 unspecified atom stereocenters. The van der Waals surface area contributed by atoms with Crippen LogP contribution in [0.25, 0.3) is 0 Å². The van der Waals surface area contributed by atoms with E-state index < -0.39 is 0 Å². The number of likely N-dealkylation sites (N-methyl/N-ethyl adjacent to an activating group) is 1. The summed E-state index contributed by atoms with van der Waals surface area (Å²) in [5.41, 5.74) is 0.455. The van der Waals surface area contributed by atoms with Gasteiger partial charge >= 0.3 is 0 Å². The van der Waals surface area contributed by atoms with Gasteiger partial charge in [0.1, 0.15) is 5.82 Å². The second kappa shape index (κ2) is 7.72. The third-order valence-corrected chi connectivity index (χ3v) is 3.90. The largest absolute Gasteiger partial charge is 0.394 e. The number of hydrogen-bond donors (Lipinski definition) is 2. The van der Waals surface area contributed by atoms with Gasteiger partial charge in [0.2, 0.25) is 0 Å². The summed E-state index contributed by atoms with van der Waals surface area (Å²) in [5.74, 6) is -0.164. The highest BCUT2D eigenvalue weighted by atomic mass is 19.1. The zero-order valence-electron chi connectivity index (χ0n) is 13.0. The average Bonchev–Trinajstić information content (AvgIpc) is 2.43. The molecule has 3 nitrogen and oxygen atoms in total. The third kappa shape index (κ3) is 4.54. The highest BCUT2D eigenvalue weighted by Gasteiger charge is 2.23. The maximum absolute atomic E-state index is 13.9. The molecule has 0 radical (unpaired) electrons. The molecule has 0 aliphatic rings. The molecule has 1 atom stereocenters. The van der Waals surface area contributed by atoms with Crippen LogP contribution in [0.3, 0.4) is 0 Å². The van der Waals surface area contributed by atoms with Crippen molar-refractivity contribution in [3.8, 4) is 0 Å². The van der Waals surface area contributed by atoms with E-state index in [4.69, 9.17) is 0 Å². The van der Waals surface area contributed by atoms with Crippen LogP contribution in [-0.4, -0.2) is 42.3 Å². The fraction of sp³-hybridized carbons (Fsp3) is 0.625. The van der Waals surface area contributed by atoms with E-state index in [1.807, 2.05) is 40.0 Å². The summed E-state index contributed by atoms with van der Waals surface area (Å²) in [5, 5.41) is 12.7. The summed E-state index contributed by atoms with van der Waals surface area (Å²) in [6.07, 6.45) is 0.800. The monoisotopic (exact) mass is 282 g/mol. The molecule has 0 heterocycles. The van der Waals surface area contributed by atoms with Crippen molar-refractivity contribution >= 4 is 0 Å². The van der Waals surface area contributed by atoms with E-state index in [9.17, 15) is 9.50 Å². The number of rotatable bonds is 8. The Labute approximate surface area is 121 Å². The lowest BCUT2D eigenvalue weighted by Crippen LogP contribution is -2.45. The first-order valence-corrected chi connectivity index (χ1v) is 7.22. The van der Waals surface area contributed by atoms with Crippen LogP contribution >= 0.6 is 0 Å². The lowest BCUT2D eigenvalue weighted by atomic mass is 10.0. The van der Waals surface area contributed by atoms with Gasteiger partial charge in [-0.2, -0.15) is 0 Å². The van der Waals surface area contributed by atoms with Crippen LogP contribution in [-0.2, 0) is 0 Å². The predicted molar refractivity (Wildman–Crippen MR) is 81.2 cm³/mol. The van der Waals surface area contributed by atoms with Crippen LogP contribution in [0.2, 0.25) is 0 Å². The van der Waals surface area contributed by atoms with E-state index in [0.29, 0.717) is 5.56 Å². The van der Waals surface area contributed by atoms with Gasteiger partial charge in [-0.05, 0) is 39.9 Å². The molecule has 0 bridgehead atoms. The van der Waals surface area contributed by atoms with Crippen LogP contribution in [0, 0.1) is 5.82 Å². The lowest BCUT2D eigenvalue weighted by molar-refractivity contribution is 0.0757. The van der Waals surface area contributed by atoms with Crippen molar-refractivity contribution in [1.29, 1.82) is 0 Å². The summed E-state index contributed by atoms with van der Waals surface area (Å²) in [6.45, 7) is 7.71. The molecule has 1 aromatic carbocycles. The van der Waals surface area contributed by atoms with Crippen molar-refractivity contribution < 1.29 is 9.50 Å². The van der Waals surface area contributed by atoms with Crippen molar-refractivity contribution in [3.05, 3.63) is 35.6 Å². The topological polar surface area (TPSA) is 35.5 Å². The molecule has 0 aliphatic heterocycles. The minimum Gasteiger partial charge on any atom is -0.394 e. The summed E-state index contributed by atoms with van der Waals surface area (Å²) in [6, 6.07) is 6.91. The van der Waals surface area contributed by atoms with Gasteiger partial charge in [0.05, 0.1) is 6.61 Å². The summed E-state index contributed by atoms with van der Waals surface area (Å²) >= 11 is 0. The Morgan fingerprint density at radius 1 is 1.35 bits per heavy atom. The molecule has 1 rings (SSSR count). The molecule has 1 aromatic rings. The molecule has 0 saturated carbocycles. The minimum absolute atomic E-state index is 0.00172. The Bertz CT molecular complexity index is 409. The van der Waals surface area contributed by atoms with Crippen molar-refractivity contribution in [2.24, 2.45) is 0 Å². The van der Waals surface area contributed by atoms with Gasteiger partial charge in [0, 0.05) is 23.7 Å². The van der Waals surface area contributed by atoms with Crippen LogP contribution in [0.15, 0.2) is 24.3 Å². The van der Waals surface area contributed by atoms with Gasteiger partial charge in [-0.3, -0.25) is 4.90 Å². The molecule has 0 saturated heterocycles. The molecule has 20 heavy (non-hydrogen) atoms. The molecule has 0 aromatic heterocycles. The molecule has 0 fully saturated rings. The van der Waals surface area contributed by atoms with Crippen molar-refractivity contribution in [1.82, 2.24) is 10.2 Å². The number of benzene rings is 1. The number of nitrogens with one attached hydrogen (secondary N) is 1. The molecular formula is C16H27FN2O. The number of halogens is 1. The van der Waals surface area contributed by atoms with Crippen molar-refractivity contribution in [2.75, 3.05) is 26.7 Å². The summed E-state index contributed by atoms with van der Waals surface area (Å²) < 4.78 is 13.9. The maximum atomic E-state index is 13.9. The second-order valence-corrected chi connectivity index (χ2v) is 5.81. The van der Waals surface area contributed by atoms with Crippen molar-refractivity contribution in [2.45, 2.75) is 38.8 Å². The fourth-order valence-electron chi connectivity index (χ4n) is 2.12. The molecular weight excluding hydrogens is 255 g/mol. The average molecular weight is 282 g/mol. The van der Waals surface area contributed by atoms with Gasteiger partial charge in [-0.25, -0.2) is 4.39 Å². The van der Waals surface area contributed by atoms with Crippen LogP contribution < -0.4 is 5.32 Å². The van der Waals surface area contributed by atoms with E-state index in [2.05, 4.69) is 10.2 Å².